The molecule has 0 aromatic carbocycles. The number of ether oxygens (including phenoxy) is 2. The van der Waals surface area contributed by atoms with E-state index in [9.17, 15) is 8.78 Å². The molecule has 0 bridgehead atoms. The Labute approximate surface area is 182 Å². The third kappa shape index (κ3) is 5.57. The summed E-state index contributed by atoms with van der Waals surface area (Å²) in [5, 5.41) is 0. The first-order valence-corrected chi connectivity index (χ1v) is 13.2. The van der Waals surface area contributed by atoms with Crippen molar-refractivity contribution < 1.29 is 18.3 Å². The molecule has 4 unspecified atom stereocenters. The van der Waals surface area contributed by atoms with Crippen LogP contribution in [-0.2, 0) is 9.47 Å². The lowest BCUT2D eigenvalue weighted by atomic mass is 9.67. The van der Waals surface area contributed by atoms with Gasteiger partial charge in [0.05, 0.1) is 12.2 Å². The maximum Gasteiger partial charge on any atom is 0.160 e. The fourth-order valence-electron chi connectivity index (χ4n) is 7.22. The maximum absolute atomic E-state index is 14.4. The van der Waals surface area contributed by atoms with Gasteiger partial charge in [-0.1, -0.05) is 25.7 Å². The first-order valence-electron chi connectivity index (χ1n) is 13.2. The minimum atomic E-state index is -1.54. The van der Waals surface area contributed by atoms with E-state index in [1.807, 2.05) is 6.92 Å². The Hall–Kier alpha value is -0.220. The number of hydrogen-bond acceptors (Lipinski definition) is 2. The Morgan fingerprint density at radius 1 is 0.567 bits per heavy atom. The van der Waals surface area contributed by atoms with Crippen LogP contribution in [0.5, 0.6) is 0 Å². The Morgan fingerprint density at radius 3 is 1.50 bits per heavy atom. The lowest BCUT2D eigenvalue weighted by Crippen LogP contribution is -2.47. The Kier molecular flexibility index (Phi) is 8.48. The van der Waals surface area contributed by atoms with Gasteiger partial charge < -0.3 is 9.47 Å². The highest BCUT2D eigenvalue weighted by molar-refractivity contribution is 4.90. The first-order chi connectivity index (χ1) is 14.7. The molecule has 0 aromatic heterocycles. The van der Waals surface area contributed by atoms with Crippen molar-refractivity contribution in [3.63, 3.8) is 0 Å². The topological polar surface area (TPSA) is 18.5 Å². The molecular weight excluding hydrogens is 382 g/mol. The molecule has 0 N–H and O–H groups in total. The van der Waals surface area contributed by atoms with Crippen molar-refractivity contribution in [2.75, 3.05) is 13.2 Å². The molecule has 0 aliphatic heterocycles. The maximum atomic E-state index is 14.4. The summed E-state index contributed by atoms with van der Waals surface area (Å²) in [4.78, 5) is 0. The van der Waals surface area contributed by atoms with Crippen LogP contribution in [0.25, 0.3) is 0 Å². The summed E-state index contributed by atoms with van der Waals surface area (Å²) in [7, 11) is 0. The van der Waals surface area contributed by atoms with Gasteiger partial charge in [0, 0.05) is 13.2 Å². The van der Waals surface area contributed by atoms with Crippen molar-refractivity contribution in [3.05, 3.63) is 0 Å². The van der Waals surface area contributed by atoms with Crippen molar-refractivity contribution in [1.82, 2.24) is 0 Å². The Morgan fingerprint density at radius 2 is 1.00 bits per heavy atom. The molecule has 4 aliphatic carbocycles. The monoisotopic (exact) mass is 426 g/mol. The van der Waals surface area contributed by atoms with Gasteiger partial charge in [-0.05, 0) is 101 Å². The summed E-state index contributed by atoms with van der Waals surface area (Å²) < 4.78 is 39.9. The molecule has 4 fully saturated rings. The zero-order valence-corrected chi connectivity index (χ0v) is 19.1. The van der Waals surface area contributed by atoms with E-state index in [2.05, 4.69) is 0 Å². The van der Waals surface area contributed by atoms with Crippen molar-refractivity contribution in [3.8, 4) is 0 Å². The summed E-state index contributed by atoms with van der Waals surface area (Å²) in [6, 6.07) is 0. The third-order valence-corrected chi connectivity index (χ3v) is 9.12. The predicted octanol–water partition coefficient (Wildman–Crippen LogP) is 7.05. The molecule has 2 nitrogen and oxygen atoms in total. The number of hydrogen-bond donors (Lipinski definition) is 0. The van der Waals surface area contributed by atoms with Gasteiger partial charge >= 0.3 is 0 Å². The SMILES string of the molecule is CCOC1CCC(OCC2CCC(C3CCC(C4CCCC4)CC3)CC2)C(F)C1F. The Balaban J connectivity index is 1.13. The van der Waals surface area contributed by atoms with E-state index in [4.69, 9.17) is 9.47 Å². The van der Waals surface area contributed by atoms with Crippen LogP contribution >= 0.6 is 0 Å². The van der Waals surface area contributed by atoms with Crippen molar-refractivity contribution in [1.29, 1.82) is 0 Å². The molecule has 0 heterocycles. The smallest absolute Gasteiger partial charge is 0.160 e. The normalized spacial score (nSPS) is 43.7. The van der Waals surface area contributed by atoms with Gasteiger partial charge in [-0.3, -0.25) is 0 Å². The molecule has 0 spiro atoms. The van der Waals surface area contributed by atoms with Gasteiger partial charge in [-0.2, -0.15) is 0 Å². The minimum absolute atomic E-state index is 0.439. The molecule has 0 aromatic rings. The fraction of sp³-hybridized carbons (Fsp3) is 1.00. The zero-order chi connectivity index (χ0) is 20.9. The second-order valence-corrected chi connectivity index (χ2v) is 10.8. The van der Waals surface area contributed by atoms with Gasteiger partial charge in [0.2, 0.25) is 0 Å². The second kappa shape index (κ2) is 11.1. The average molecular weight is 427 g/mol. The number of alkyl halides is 2. The highest BCUT2D eigenvalue weighted by Gasteiger charge is 2.42. The molecule has 4 aliphatic rings. The molecule has 0 radical (unpaired) electrons. The van der Waals surface area contributed by atoms with Gasteiger partial charge in [-0.15, -0.1) is 0 Å². The highest BCUT2D eigenvalue weighted by Crippen LogP contribution is 2.45. The van der Waals surface area contributed by atoms with Gasteiger partial charge in [0.1, 0.15) is 0 Å². The minimum Gasteiger partial charge on any atom is -0.375 e. The summed E-state index contributed by atoms with van der Waals surface area (Å²) >= 11 is 0. The van der Waals surface area contributed by atoms with E-state index in [1.54, 1.807) is 0 Å². The molecule has 4 atom stereocenters. The highest BCUT2D eigenvalue weighted by atomic mass is 19.2. The molecule has 4 rings (SSSR count). The number of rotatable bonds is 7. The van der Waals surface area contributed by atoms with Crippen LogP contribution < -0.4 is 0 Å². The van der Waals surface area contributed by atoms with Crippen molar-refractivity contribution in [2.45, 2.75) is 121 Å². The van der Waals surface area contributed by atoms with E-state index in [-0.39, 0.29) is 0 Å². The molecule has 4 saturated carbocycles. The van der Waals surface area contributed by atoms with Crippen LogP contribution in [0.4, 0.5) is 8.78 Å². The second-order valence-electron chi connectivity index (χ2n) is 10.8. The van der Waals surface area contributed by atoms with Crippen LogP contribution in [0.3, 0.4) is 0 Å². The van der Waals surface area contributed by atoms with Gasteiger partial charge in [0.15, 0.2) is 12.3 Å². The summed E-state index contributed by atoms with van der Waals surface area (Å²) in [5.41, 5.74) is 0. The van der Waals surface area contributed by atoms with Crippen LogP contribution in [0, 0.1) is 29.6 Å². The molecule has 30 heavy (non-hydrogen) atoms. The van der Waals surface area contributed by atoms with E-state index < -0.39 is 24.6 Å². The predicted molar refractivity (Wildman–Crippen MR) is 117 cm³/mol. The summed E-state index contributed by atoms with van der Waals surface area (Å²) in [5.74, 6) is 4.45. The fourth-order valence-corrected chi connectivity index (χ4v) is 7.22. The standard InChI is InChI=1S/C26H44F2O2/c1-2-29-23-15-16-24(26(28)25(23)27)30-17-18-7-9-20(10-8-18)22-13-11-21(12-14-22)19-5-3-4-6-19/h18-26H,2-17H2,1H3. The lowest BCUT2D eigenvalue weighted by molar-refractivity contribution is -0.122. The van der Waals surface area contributed by atoms with E-state index in [0.29, 0.717) is 32.0 Å². The third-order valence-electron chi connectivity index (χ3n) is 9.12. The first kappa shape index (κ1) is 23.0. The van der Waals surface area contributed by atoms with Crippen LogP contribution in [0.2, 0.25) is 0 Å². The summed E-state index contributed by atoms with van der Waals surface area (Å²) in [6.07, 6.45) is 13.7. The van der Waals surface area contributed by atoms with Gasteiger partial charge in [-0.25, -0.2) is 8.78 Å². The lowest BCUT2D eigenvalue weighted by Gasteiger charge is -2.40. The largest absolute Gasteiger partial charge is 0.375 e. The quantitative estimate of drug-likeness (QED) is 0.434. The van der Waals surface area contributed by atoms with Crippen molar-refractivity contribution in [2.24, 2.45) is 29.6 Å². The van der Waals surface area contributed by atoms with Gasteiger partial charge in [0.25, 0.3) is 0 Å². The number of halogens is 2. The molecular formula is C26H44F2O2. The molecule has 0 amide bonds. The average Bonchev–Trinajstić information content (AvgIpc) is 3.32. The summed E-state index contributed by atoms with van der Waals surface area (Å²) in [6.45, 7) is 2.88. The van der Waals surface area contributed by atoms with E-state index >= 15 is 0 Å². The zero-order valence-electron chi connectivity index (χ0n) is 19.1. The van der Waals surface area contributed by atoms with Crippen LogP contribution in [0.1, 0.15) is 96.8 Å². The van der Waals surface area contributed by atoms with Crippen LogP contribution in [-0.4, -0.2) is 37.8 Å². The molecule has 0 saturated heterocycles. The van der Waals surface area contributed by atoms with E-state index in [0.717, 1.165) is 23.7 Å². The molecule has 4 heteroatoms. The van der Waals surface area contributed by atoms with E-state index in [1.165, 1.54) is 77.0 Å². The van der Waals surface area contributed by atoms with Crippen molar-refractivity contribution >= 4 is 0 Å². The van der Waals surface area contributed by atoms with Crippen LogP contribution in [0.15, 0.2) is 0 Å². The molecule has 174 valence electrons. The Bertz CT molecular complexity index is 493.